The van der Waals surface area contributed by atoms with Crippen LogP contribution in [0.25, 0.3) is 0 Å². The zero-order valence-electron chi connectivity index (χ0n) is 15.9. The van der Waals surface area contributed by atoms with Gasteiger partial charge in [0.1, 0.15) is 6.61 Å². The summed E-state index contributed by atoms with van der Waals surface area (Å²) in [6.45, 7) is 3.87. The van der Waals surface area contributed by atoms with Crippen LogP contribution in [0.3, 0.4) is 0 Å². The highest BCUT2D eigenvalue weighted by atomic mass is 35.5. The zero-order valence-corrected chi connectivity index (χ0v) is 16.7. The molecular weight excluding hydrogens is 376 g/mol. The number of hydrogen-bond donors (Lipinski definition) is 1. The number of hydrogen-bond acceptors (Lipinski definition) is 4. The van der Waals surface area contributed by atoms with Crippen LogP contribution in [0.15, 0.2) is 48.5 Å². The largest absolute Gasteiger partial charge is 0.464 e. The van der Waals surface area contributed by atoms with E-state index < -0.39 is 0 Å². The van der Waals surface area contributed by atoms with Gasteiger partial charge in [0.05, 0.1) is 12.5 Å². The standard InChI is InChI=1S/C22H24N2O3.ClH/c1-15(22(26)27-14-18-6-4-12-23-18)16-8-10-19(11-9-16)24-13-17-5-2-3-7-20(17)21(24)25;/h2-3,5,7-11,15,18,23H,4,6,12-14H2,1H3;1H. The first-order valence-corrected chi connectivity index (χ1v) is 9.53. The first kappa shape index (κ1) is 20.4. The van der Waals surface area contributed by atoms with Crippen molar-refractivity contribution < 1.29 is 14.3 Å². The molecule has 2 heterocycles. The fourth-order valence-corrected chi connectivity index (χ4v) is 3.75. The molecule has 6 heteroatoms. The van der Waals surface area contributed by atoms with Gasteiger partial charge in [0.25, 0.3) is 5.91 Å². The zero-order chi connectivity index (χ0) is 18.8. The second-order valence-corrected chi connectivity index (χ2v) is 7.28. The molecule has 1 N–H and O–H groups in total. The molecule has 1 amide bonds. The molecule has 0 bridgehead atoms. The van der Waals surface area contributed by atoms with Gasteiger partial charge in [-0.05, 0) is 55.6 Å². The number of ether oxygens (including phenoxy) is 1. The van der Waals surface area contributed by atoms with Crippen LogP contribution in [0.5, 0.6) is 0 Å². The van der Waals surface area contributed by atoms with E-state index in [4.69, 9.17) is 4.74 Å². The molecule has 2 aromatic rings. The van der Waals surface area contributed by atoms with Gasteiger partial charge in [0.2, 0.25) is 0 Å². The van der Waals surface area contributed by atoms with Gasteiger partial charge in [-0.2, -0.15) is 0 Å². The van der Waals surface area contributed by atoms with Gasteiger partial charge >= 0.3 is 5.97 Å². The number of anilines is 1. The third kappa shape index (κ3) is 4.05. The molecule has 148 valence electrons. The first-order chi connectivity index (χ1) is 13.1. The highest BCUT2D eigenvalue weighted by molar-refractivity contribution is 6.10. The highest BCUT2D eigenvalue weighted by Crippen LogP contribution is 2.29. The Kier molecular flexibility index (Phi) is 6.37. The van der Waals surface area contributed by atoms with E-state index in [1.54, 1.807) is 4.90 Å². The molecule has 0 saturated carbocycles. The van der Waals surface area contributed by atoms with E-state index in [2.05, 4.69) is 5.32 Å². The summed E-state index contributed by atoms with van der Waals surface area (Å²) in [4.78, 5) is 26.7. The summed E-state index contributed by atoms with van der Waals surface area (Å²) in [5.74, 6) is -0.511. The van der Waals surface area contributed by atoms with Crippen LogP contribution in [0.4, 0.5) is 5.69 Å². The van der Waals surface area contributed by atoms with Crippen LogP contribution < -0.4 is 10.2 Å². The second-order valence-electron chi connectivity index (χ2n) is 7.28. The minimum atomic E-state index is -0.327. The van der Waals surface area contributed by atoms with Crippen LogP contribution in [0, 0.1) is 0 Å². The predicted octanol–water partition coefficient (Wildman–Crippen LogP) is 3.67. The molecule has 1 saturated heterocycles. The van der Waals surface area contributed by atoms with E-state index in [9.17, 15) is 9.59 Å². The van der Waals surface area contributed by atoms with Gasteiger partial charge in [-0.25, -0.2) is 0 Å². The number of amides is 1. The Morgan fingerprint density at radius 3 is 2.64 bits per heavy atom. The third-order valence-electron chi connectivity index (χ3n) is 5.47. The lowest BCUT2D eigenvalue weighted by atomic mass is 10.0. The summed E-state index contributed by atoms with van der Waals surface area (Å²) >= 11 is 0. The topological polar surface area (TPSA) is 58.6 Å². The van der Waals surface area contributed by atoms with E-state index in [0.29, 0.717) is 13.2 Å². The molecule has 2 unspecified atom stereocenters. The molecule has 2 atom stereocenters. The molecule has 2 aromatic carbocycles. The number of rotatable bonds is 5. The fraction of sp³-hybridized carbons (Fsp3) is 0.364. The molecule has 2 aliphatic rings. The van der Waals surface area contributed by atoms with Crippen molar-refractivity contribution in [3.63, 3.8) is 0 Å². The molecule has 0 radical (unpaired) electrons. The van der Waals surface area contributed by atoms with Gasteiger partial charge in [-0.1, -0.05) is 30.3 Å². The van der Waals surface area contributed by atoms with E-state index in [1.165, 1.54) is 0 Å². The van der Waals surface area contributed by atoms with Crippen molar-refractivity contribution in [2.45, 2.75) is 38.3 Å². The van der Waals surface area contributed by atoms with Gasteiger partial charge < -0.3 is 15.0 Å². The highest BCUT2D eigenvalue weighted by Gasteiger charge is 2.28. The second kappa shape index (κ2) is 8.76. The first-order valence-electron chi connectivity index (χ1n) is 9.53. The lowest BCUT2D eigenvalue weighted by Crippen LogP contribution is -2.29. The molecule has 1 fully saturated rings. The molecular formula is C22H25ClN2O3. The molecule has 2 aliphatic heterocycles. The summed E-state index contributed by atoms with van der Waals surface area (Å²) in [5, 5.41) is 3.33. The molecule has 0 aromatic heterocycles. The quantitative estimate of drug-likeness (QED) is 0.778. The van der Waals surface area contributed by atoms with Crippen molar-refractivity contribution in [3.8, 4) is 0 Å². The lowest BCUT2D eigenvalue weighted by Gasteiger charge is -2.18. The lowest BCUT2D eigenvalue weighted by molar-refractivity contribution is -0.145. The average Bonchev–Trinajstić information content (AvgIpc) is 3.34. The Hall–Kier alpha value is -2.37. The number of fused-ring (bicyclic) bond motifs is 1. The Morgan fingerprint density at radius 1 is 1.21 bits per heavy atom. The minimum Gasteiger partial charge on any atom is -0.464 e. The van der Waals surface area contributed by atoms with Crippen molar-refractivity contribution in [2.75, 3.05) is 18.1 Å². The van der Waals surface area contributed by atoms with Crippen molar-refractivity contribution in [1.82, 2.24) is 5.32 Å². The molecule has 5 nitrogen and oxygen atoms in total. The summed E-state index contributed by atoms with van der Waals surface area (Å²) in [5.41, 5.74) is 3.55. The van der Waals surface area contributed by atoms with Gasteiger partial charge in [-0.3, -0.25) is 9.59 Å². The van der Waals surface area contributed by atoms with E-state index in [0.717, 1.165) is 41.8 Å². The van der Waals surface area contributed by atoms with Crippen LogP contribution in [0.2, 0.25) is 0 Å². The Labute approximate surface area is 171 Å². The van der Waals surface area contributed by atoms with Crippen LogP contribution in [-0.4, -0.2) is 31.1 Å². The Bertz CT molecular complexity index is 847. The smallest absolute Gasteiger partial charge is 0.313 e. The number of carbonyl (C=O) groups excluding carboxylic acids is 2. The van der Waals surface area contributed by atoms with Gasteiger partial charge in [-0.15, -0.1) is 12.4 Å². The average molecular weight is 401 g/mol. The number of nitrogens with one attached hydrogen (secondary N) is 1. The number of esters is 1. The summed E-state index contributed by atoms with van der Waals surface area (Å²) in [6, 6.07) is 15.6. The SMILES string of the molecule is CC(C(=O)OCC1CCCN1)c1ccc(N2Cc3ccccc3C2=O)cc1.Cl. The molecule has 28 heavy (non-hydrogen) atoms. The minimum absolute atomic E-state index is 0. The number of nitrogens with zero attached hydrogens (tertiary/aromatic N) is 1. The number of halogens is 1. The Balaban J connectivity index is 0.00000225. The number of benzene rings is 2. The van der Waals surface area contributed by atoms with Crippen molar-refractivity contribution in [3.05, 3.63) is 65.2 Å². The summed E-state index contributed by atoms with van der Waals surface area (Å²) < 4.78 is 5.47. The van der Waals surface area contributed by atoms with Crippen molar-refractivity contribution in [2.24, 2.45) is 0 Å². The molecule has 0 aliphatic carbocycles. The maximum absolute atomic E-state index is 12.6. The third-order valence-corrected chi connectivity index (χ3v) is 5.47. The maximum Gasteiger partial charge on any atom is 0.313 e. The van der Waals surface area contributed by atoms with Crippen LogP contribution >= 0.6 is 12.4 Å². The van der Waals surface area contributed by atoms with Crippen molar-refractivity contribution >= 4 is 30.0 Å². The maximum atomic E-state index is 12.6. The van der Waals surface area contributed by atoms with Gasteiger partial charge in [0, 0.05) is 17.3 Å². The van der Waals surface area contributed by atoms with Gasteiger partial charge in [0.15, 0.2) is 0 Å². The monoisotopic (exact) mass is 400 g/mol. The molecule has 4 rings (SSSR count). The van der Waals surface area contributed by atoms with E-state index in [-0.39, 0.29) is 36.2 Å². The Morgan fingerprint density at radius 2 is 1.96 bits per heavy atom. The van der Waals surface area contributed by atoms with Crippen LogP contribution in [0.1, 0.15) is 47.2 Å². The summed E-state index contributed by atoms with van der Waals surface area (Å²) in [6.07, 6.45) is 2.20. The van der Waals surface area contributed by atoms with Crippen LogP contribution in [-0.2, 0) is 16.1 Å². The molecule has 0 spiro atoms. The normalized spacial score (nSPS) is 19.1. The summed E-state index contributed by atoms with van der Waals surface area (Å²) in [7, 11) is 0. The predicted molar refractivity (Wildman–Crippen MR) is 111 cm³/mol. The fourth-order valence-electron chi connectivity index (χ4n) is 3.75. The van der Waals surface area contributed by atoms with E-state index in [1.807, 2.05) is 55.5 Å². The van der Waals surface area contributed by atoms with Crippen molar-refractivity contribution in [1.29, 1.82) is 0 Å². The van der Waals surface area contributed by atoms with E-state index >= 15 is 0 Å². The number of carbonyl (C=O) groups is 2.